The van der Waals surface area contributed by atoms with Crippen LogP contribution in [0.15, 0.2) is 53.1 Å². The fourth-order valence-electron chi connectivity index (χ4n) is 2.56. The lowest BCUT2D eigenvalue weighted by atomic mass is 10.0. The van der Waals surface area contributed by atoms with Crippen molar-refractivity contribution in [1.29, 1.82) is 0 Å². The Morgan fingerprint density at radius 2 is 1.91 bits per heavy atom. The maximum absolute atomic E-state index is 12.8. The van der Waals surface area contributed by atoms with E-state index in [1.54, 1.807) is 6.26 Å². The average Bonchev–Trinajstić information content (AvgIpc) is 3.08. The minimum atomic E-state index is -0.188. The van der Waals surface area contributed by atoms with Crippen LogP contribution in [-0.4, -0.2) is 10.9 Å². The summed E-state index contributed by atoms with van der Waals surface area (Å²) >= 11 is 0. The summed E-state index contributed by atoms with van der Waals surface area (Å²) in [7, 11) is 0. The topological polar surface area (TPSA) is 55.1 Å². The van der Waals surface area contributed by atoms with E-state index >= 15 is 0 Å². The highest BCUT2D eigenvalue weighted by atomic mass is 16.3. The first-order valence-corrected chi connectivity index (χ1v) is 7.80. The van der Waals surface area contributed by atoms with Crippen molar-refractivity contribution in [2.75, 3.05) is 0 Å². The summed E-state index contributed by atoms with van der Waals surface area (Å²) in [5, 5.41) is 3.86. The van der Waals surface area contributed by atoms with Gasteiger partial charge in [0.2, 0.25) is 0 Å². The van der Waals surface area contributed by atoms with Crippen LogP contribution in [0.4, 0.5) is 0 Å². The summed E-state index contributed by atoms with van der Waals surface area (Å²) < 4.78 is 5.35. The Morgan fingerprint density at radius 3 is 2.61 bits per heavy atom. The standard InChI is InChI=1S/C19H20N2O2/c1-12(2)17-11-15(14-7-4-5-8-16(14)21-17)19(22)20-13(3)18-9-6-10-23-18/h4-13H,1-3H3,(H,20,22)/t13-/m1/s1. The maximum atomic E-state index is 12.8. The van der Waals surface area contributed by atoms with Crippen LogP contribution in [0.5, 0.6) is 0 Å². The minimum Gasteiger partial charge on any atom is -0.467 e. The van der Waals surface area contributed by atoms with Crippen LogP contribution in [0.1, 0.15) is 54.5 Å². The normalized spacial score (nSPS) is 12.5. The molecule has 2 aromatic heterocycles. The number of nitrogens with one attached hydrogen (secondary N) is 1. The Kier molecular flexibility index (Phi) is 4.15. The molecule has 4 nitrogen and oxygen atoms in total. The summed E-state index contributed by atoms with van der Waals surface area (Å²) in [6.07, 6.45) is 1.61. The summed E-state index contributed by atoms with van der Waals surface area (Å²) in [4.78, 5) is 17.4. The van der Waals surface area contributed by atoms with E-state index in [4.69, 9.17) is 4.42 Å². The number of carbonyl (C=O) groups is 1. The summed E-state index contributed by atoms with van der Waals surface area (Å²) in [5.41, 5.74) is 2.41. The lowest BCUT2D eigenvalue weighted by Gasteiger charge is -2.15. The van der Waals surface area contributed by atoms with Gasteiger partial charge in [-0.25, -0.2) is 0 Å². The third-order valence-corrected chi connectivity index (χ3v) is 3.89. The van der Waals surface area contributed by atoms with Crippen molar-refractivity contribution >= 4 is 16.8 Å². The molecular weight excluding hydrogens is 288 g/mol. The Morgan fingerprint density at radius 1 is 1.13 bits per heavy atom. The van der Waals surface area contributed by atoms with Crippen LogP contribution < -0.4 is 5.32 Å². The average molecular weight is 308 g/mol. The van der Waals surface area contributed by atoms with Crippen LogP contribution in [0.25, 0.3) is 10.9 Å². The lowest BCUT2D eigenvalue weighted by Crippen LogP contribution is -2.26. The number of carbonyl (C=O) groups excluding carboxylic acids is 1. The van der Waals surface area contributed by atoms with Gasteiger partial charge in [0.05, 0.1) is 23.4 Å². The molecule has 3 aromatic rings. The number of para-hydroxylation sites is 1. The van der Waals surface area contributed by atoms with Gasteiger partial charge in [-0.2, -0.15) is 0 Å². The zero-order valence-corrected chi connectivity index (χ0v) is 13.5. The summed E-state index contributed by atoms with van der Waals surface area (Å²) in [6, 6.07) is 13.1. The Balaban J connectivity index is 1.99. The van der Waals surface area contributed by atoms with Crippen molar-refractivity contribution in [1.82, 2.24) is 10.3 Å². The van der Waals surface area contributed by atoms with Gasteiger partial charge in [0.25, 0.3) is 5.91 Å². The Bertz CT molecular complexity index is 823. The molecule has 4 heteroatoms. The first-order valence-electron chi connectivity index (χ1n) is 7.80. The zero-order chi connectivity index (χ0) is 16.4. The molecule has 0 aliphatic rings. The second-order valence-electron chi connectivity index (χ2n) is 5.98. The van der Waals surface area contributed by atoms with E-state index in [1.807, 2.05) is 49.4 Å². The monoisotopic (exact) mass is 308 g/mol. The fraction of sp³-hybridized carbons (Fsp3) is 0.263. The van der Waals surface area contributed by atoms with E-state index in [2.05, 4.69) is 24.1 Å². The number of hydrogen-bond acceptors (Lipinski definition) is 3. The van der Waals surface area contributed by atoms with E-state index < -0.39 is 0 Å². The number of hydrogen-bond donors (Lipinski definition) is 1. The van der Waals surface area contributed by atoms with E-state index in [-0.39, 0.29) is 17.9 Å². The largest absolute Gasteiger partial charge is 0.467 e. The van der Waals surface area contributed by atoms with Gasteiger partial charge in [0.1, 0.15) is 5.76 Å². The highest BCUT2D eigenvalue weighted by molar-refractivity contribution is 6.06. The van der Waals surface area contributed by atoms with Gasteiger partial charge in [-0.3, -0.25) is 9.78 Å². The molecule has 0 unspecified atom stereocenters. The molecule has 0 radical (unpaired) electrons. The number of benzene rings is 1. The molecule has 0 bridgehead atoms. The molecule has 1 aromatic carbocycles. The first kappa shape index (κ1) is 15.3. The molecule has 0 fully saturated rings. The van der Waals surface area contributed by atoms with Crippen molar-refractivity contribution < 1.29 is 9.21 Å². The van der Waals surface area contributed by atoms with Crippen molar-refractivity contribution in [3.8, 4) is 0 Å². The van der Waals surface area contributed by atoms with Gasteiger partial charge in [-0.1, -0.05) is 32.0 Å². The maximum Gasteiger partial charge on any atom is 0.252 e. The van der Waals surface area contributed by atoms with E-state index in [0.717, 1.165) is 22.4 Å². The summed E-state index contributed by atoms with van der Waals surface area (Å²) in [5.74, 6) is 0.879. The molecule has 118 valence electrons. The number of furan rings is 1. The third-order valence-electron chi connectivity index (χ3n) is 3.89. The van der Waals surface area contributed by atoms with Crippen molar-refractivity contribution in [3.05, 3.63) is 65.7 Å². The highest BCUT2D eigenvalue weighted by Gasteiger charge is 2.17. The third kappa shape index (κ3) is 3.11. The van der Waals surface area contributed by atoms with Gasteiger partial charge in [0.15, 0.2) is 0 Å². The van der Waals surface area contributed by atoms with E-state index in [9.17, 15) is 4.79 Å². The number of nitrogens with zero attached hydrogens (tertiary/aromatic N) is 1. The molecule has 0 saturated heterocycles. The van der Waals surface area contributed by atoms with Gasteiger partial charge in [-0.05, 0) is 37.1 Å². The second-order valence-corrected chi connectivity index (χ2v) is 5.98. The number of fused-ring (bicyclic) bond motifs is 1. The fourth-order valence-corrected chi connectivity index (χ4v) is 2.56. The van der Waals surface area contributed by atoms with Gasteiger partial charge < -0.3 is 9.73 Å². The van der Waals surface area contributed by atoms with Crippen molar-refractivity contribution in [2.24, 2.45) is 0 Å². The van der Waals surface area contributed by atoms with Gasteiger partial charge >= 0.3 is 0 Å². The van der Waals surface area contributed by atoms with Crippen LogP contribution >= 0.6 is 0 Å². The zero-order valence-electron chi connectivity index (χ0n) is 13.5. The molecule has 0 aliphatic heterocycles. The van der Waals surface area contributed by atoms with E-state index in [1.165, 1.54) is 0 Å². The number of rotatable bonds is 4. The molecule has 1 amide bonds. The number of amides is 1. The number of pyridine rings is 1. The number of aromatic nitrogens is 1. The SMILES string of the molecule is CC(C)c1cc(C(=O)N[C@H](C)c2ccco2)c2ccccc2n1. The molecule has 1 N–H and O–H groups in total. The van der Waals surface area contributed by atoms with Crippen LogP contribution in [0.2, 0.25) is 0 Å². The van der Waals surface area contributed by atoms with Crippen molar-refractivity contribution in [3.63, 3.8) is 0 Å². The molecule has 23 heavy (non-hydrogen) atoms. The predicted octanol–water partition coefficient (Wildman–Crippen LogP) is 4.44. The quantitative estimate of drug-likeness (QED) is 0.775. The predicted molar refractivity (Wildman–Crippen MR) is 90.4 cm³/mol. The lowest BCUT2D eigenvalue weighted by molar-refractivity contribution is 0.0937. The van der Waals surface area contributed by atoms with Gasteiger partial charge in [0, 0.05) is 11.1 Å². The molecule has 0 saturated carbocycles. The Labute approximate surface area is 135 Å². The molecule has 0 spiro atoms. The Hall–Kier alpha value is -2.62. The molecule has 0 aliphatic carbocycles. The smallest absolute Gasteiger partial charge is 0.252 e. The summed E-state index contributed by atoms with van der Waals surface area (Å²) in [6.45, 7) is 6.05. The molecular formula is C19H20N2O2. The van der Waals surface area contributed by atoms with Gasteiger partial charge in [-0.15, -0.1) is 0 Å². The van der Waals surface area contributed by atoms with Crippen LogP contribution in [0, 0.1) is 0 Å². The second kappa shape index (κ2) is 6.24. The molecule has 2 heterocycles. The van der Waals surface area contributed by atoms with Crippen LogP contribution in [0.3, 0.4) is 0 Å². The molecule has 3 rings (SSSR count). The van der Waals surface area contributed by atoms with Crippen LogP contribution in [-0.2, 0) is 0 Å². The minimum absolute atomic E-state index is 0.116. The highest BCUT2D eigenvalue weighted by Crippen LogP contribution is 2.23. The molecule has 1 atom stereocenters. The van der Waals surface area contributed by atoms with Crippen molar-refractivity contribution in [2.45, 2.75) is 32.7 Å². The first-order chi connectivity index (χ1) is 11.1. The van der Waals surface area contributed by atoms with E-state index in [0.29, 0.717) is 5.56 Å².